The fraction of sp³-hybridized carbons (Fsp3) is 0.909. The molecule has 5 heteroatoms. The molecule has 96 valence electrons. The Bertz CT molecular complexity index is 218. The minimum atomic E-state index is -1.00. The van der Waals surface area contributed by atoms with Gasteiger partial charge in [-0.05, 0) is 6.42 Å². The SMILES string of the molecule is CCCCOCCS(=O)CC(C)C(=O)OC. The Labute approximate surface area is 100 Å². The van der Waals surface area contributed by atoms with Gasteiger partial charge in [0.1, 0.15) is 0 Å². The standard InChI is InChI=1S/C11H22O4S/c1-4-5-6-15-7-8-16(13)9-10(2)11(12)14-3/h10H,4-9H2,1-3H3. The first kappa shape index (κ1) is 15.6. The van der Waals surface area contributed by atoms with Gasteiger partial charge < -0.3 is 9.47 Å². The van der Waals surface area contributed by atoms with E-state index in [9.17, 15) is 9.00 Å². The Morgan fingerprint density at radius 1 is 1.38 bits per heavy atom. The van der Waals surface area contributed by atoms with Crippen molar-refractivity contribution in [3.63, 3.8) is 0 Å². The van der Waals surface area contributed by atoms with Crippen LogP contribution in [-0.4, -0.2) is 42.0 Å². The fourth-order valence-corrected chi connectivity index (χ4v) is 2.30. The summed E-state index contributed by atoms with van der Waals surface area (Å²) in [5.74, 6) is 0.233. The first-order valence-electron chi connectivity index (χ1n) is 5.62. The molecule has 0 aromatic heterocycles. The molecule has 0 aromatic rings. The van der Waals surface area contributed by atoms with Crippen LogP contribution in [0.4, 0.5) is 0 Å². The number of methoxy groups -OCH3 is 1. The van der Waals surface area contributed by atoms with Gasteiger partial charge in [-0.15, -0.1) is 0 Å². The van der Waals surface area contributed by atoms with Crippen LogP contribution in [0.1, 0.15) is 26.7 Å². The predicted molar refractivity (Wildman–Crippen MR) is 64.8 cm³/mol. The zero-order valence-corrected chi connectivity index (χ0v) is 11.2. The van der Waals surface area contributed by atoms with Crippen LogP contribution < -0.4 is 0 Å². The van der Waals surface area contributed by atoms with Crippen molar-refractivity contribution in [2.45, 2.75) is 26.7 Å². The third-order valence-corrected chi connectivity index (χ3v) is 3.63. The number of rotatable bonds is 9. The van der Waals surface area contributed by atoms with E-state index >= 15 is 0 Å². The first-order valence-corrected chi connectivity index (χ1v) is 7.11. The lowest BCUT2D eigenvalue weighted by atomic mass is 10.2. The van der Waals surface area contributed by atoms with Crippen molar-refractivity contribution in [1.82, 2.24) is 0 Å². The molecule has 0 rings (SSSR count). The summed E-state index contributed by atoms with van der Waals surface area (Å²) in [6, 6.07) is 0. The molecule has 2 unspecified atom stereocenters. The zero-order valence-electron chi connectivity index (χ0n) is 10.4. The van der Waals surface area contributed by atoms with E-state index in [-0.39, 0.29) is 11.9 Å². The van der Waals surface area contributed by atoms with Crippen molar-refractivity contribution in [3.05, 3.63) is 0 Å². The molecule has 0 N–H and O–H groups in total. The van der Waals surface area contributed by atoms with Crippen molar-refractivity contribution in [3.8, 4) is 0 Å². The highest BCUT2D eigenvalue weighted by Gasteiger charge is 2.16. The smallest absolute Gasteiger partial charge is 0.309 e. The van der Waals surface area contributed by atoms with Crippen molar-refractivity contribution in [1.29, 1.82) is 0 Å². The summed E-state index contributed by atoms with van der Waals surface area (Å²) in [5.41, 5.74) is 0. The molecule has 0 radical (unpaired) electrons. The molecule has 0 aromatic carbocycles. The second-order valence-corrected chi connectivity index (χ2v) is 5.32. The largest absolute Gasteiger partial charge is 0.469 e. The van der Waals surface area contributed by atoms with Crippen LogP contribution in [0.25, 0.3) is 0 Å². The highest BCUT2D eigenvalue weighted by Crippen LogP contribution is 2.01. The highest BCUT2D eigenvalue weighted by atomic mass is 32.2. The van der Waals surface area contributed by atoms with Crippen molar-refractivity contribution >= 4 is 16.8 Å². The molecule has 0 saturated carbocycles. The molecule has 0 aliphatic heterocycles. The van der Waals surface area contributed by atoms with Gasteiger partial charge in [0, 0.05) is 28.9 Å². The zero-order chi connectivity index (χ0) is 12.4. The normalized spacial score (nSPS) is 14.4. The maximum absolute atomic E-state index is 11.5. The van der Waals surface area contributed by atoms with E-state index < -0.39 is 10.8 Å². The lowest BCUT2D eigenvalue weighted by molar-refractivity contribution is -0.144. The molecule has 0 aliphatic carbocycles. The molecule has 0 saturated heterocycles. The molecule has 2 atom stereocenters. The molecular formula is C11H22O4S. The number of hydrogen-bond donors (Lipinski definition) is 0. The number of ether oxygens (including phenoxy) is 2. The van der Waals surface area contributed by atoms with Crippen LogP contribution in [0.15, 0.2) is 0 Å². The van der Waals surface area contributed by atoms with Gasteiger partial charge in [-0.3, -0.25) is 9.00 Å². The summed E-state index contributed by atoms with van der Waals surface area (Å²) in [4.78, 5) is 11.1. The summed E-state index contributed by atoms with van der Waals surface area (Å²) in [6.45, 7) is 5.04. The molecule has 0 amide bonds. The van der Waals surface area contributed by atoms with E-state index in [1.807, 2.05) is 0 Å². The van der Waals surface area contributed by atoms with Crippen molar-refractivity contribution < 1.29 is 18.5 Å². The summed E-state index contributed by atoms with van der Waals surface area (Å²) in [7, 11) is 0.339. The molecule has 0 fully saturated rings. The Balaban J connectivity index is 3.54. The van der Waals surface area contributed by atoms with Crippen LogP contribution in [0, 0.1) is 5.92 Å². The third-order valence-electron chi connectivity index (χ3n) is 2.14. The summed E-state index contributed by atoms with van der Waals surface area (Å²) in [6.07, 6.45) is 2.13. The van der Waals surface area contributed by atoms with Crippen LogP contribution in [0.3, 0.4) is 0 Å². The monoisotopic (exact) mass is 250 g/mol. The second kappa shape index (κ2) is 9.78. The highest BCUT2D eigenvalue weighted by molar-refractivity contribution is 7.85. The lowest BCUT2D eigenvalue weighted by Gasteiger charge is -2.08. The quantitative estimate of drug-likeness (QED) is 0.458. The number of carbonyl (C=O) groups excluding carboxylic acids is 1. The van der Waals surface area contributed by atoms with E-state index in [1.54, 1.807) is 6.92 Å². The average Bonchev–Trinajstić information content (AvgIpc) is 2.27. The molecule has 4 nitrogen and oxygen atoms in total. The van der Waals surface area contributed by atoms with Crippen LogP contribution >= 0.6 is 0 Å². The number of hydrogen-bond acceptors (Lipinski definition) is 4. The van der Waals surface area contributed by atoms with Crippen LogP contribution in [-0.2, 0) is 25.1 Å². The van der Waals surface area contributed by atoms with Gasteiger partial charge in [-0.1, -0.05) is 20.3 Å². The van der Waals surface area contributed by atoms with E-state index in [2.05, 4.69) is 11.7 Å². The molecule has 16 heavy (non-hydrogen) atoms. The topological polar surface area (TPSA) is 52.6 Å². The Morgan fingerprint density at radius 3 is 2.62 bits per heavy atom. The Hall–Kier alpha value is -0.420. The molecule has 0 heterocycles. The lowest BCUT2D eigenvalue weighted by Crippen LogP contribution is -2.21. The van der Waals surface area contributed by atoms with Gasteiger partial charge in [-0.25, -0.2) is 0 Å². The van der Waals surface area contributed by atoms with Gasteiger partial charge in [0.05, 0.1) is 19.6 Å². The average molecular weight is 250 g/mol. The van der Waals surface area contributed by atoms with Crippen LogP contribution in [0.5, 0.6) is 0 Å². The van der Waals surface area contributed by atoms with Crippen LogP contribution in [0.2, 0.25) is 0 Å². The molecular weight excluding hydrogens is 228 g/mol. The summed E-state index contributed by atoms with van der Waals surface area (Å²) in [5, 5.41) is 0. The fourth-order valence-electron chi connectivity index (χ4n) is 1.13. The maximum Gasteiger partial charge on any atom is 0.309 e. The van der Waals surface area contributed by atoms with Crippen molar-refractivity contribution in [2.75, 3.05) is 31.8 Å². The second-order valence-electron chi connectivity index (χ2n) is 3.70. The minimum absolute atomic E-state index is 0.304. The van der Waals surface area contributed by atoms with E-state index in [0.29, 0.717) is 18.1 Å². The van der Waals surface area contributed by atoms with Gasteiger partial charge in [0.2, 0.25) is 0 Å². The van der Waals surface area contributed by atoms with Crippen molar-refractivity contribution in [2.24, 2.45) is 5.92 Å². The predicted octanol–water partition coefficient (Wildman–Crippen LogP) is 1.36. The number of unbranched alkanes of at least 4 members (excludes halogenated alkanes) is 1. The number of carbonyl (C=O) groups is 1. The van der Waals surface area contributed by atoms with Gasteiger partial charge in [0.15, 0.2) is 0 Å². The summed E-state index contributed by atoms with van der Waals surface area (Å²) < 4.78 is 21.4. The maximum atomic E-state index is 11.5. The Morgan fingerprint density at radius 2 is 2.06 bits per heavy atom. The molecule has 0 bridgehead atoms. The Kier molecular flexibility index (Phi) is 9.52. The van der Waals surface area contributed by atoms with E-state index in [0.717, 1.165) is 19.4 Å². The molecule has 0 spiro atoms. The minimum Gasteiger partial charge on any atom is -0.469 e. The van der Waals surface area contributed by atoms with E-state index in [4.69, 9.17) is 4.74 Å². The van der Waals surface area contributed by atoms with Gasteiger partial charge in [0.25, 0.3) is 0 Å². The molecule has 0 aliphatic rings. The third kappa shape index (κ3) is 7.82. The first-order chi connectivity index (χ1) is 7.61. The number of esters is 1. The van der Waals surface area contributed by atoms with E-state index in [1.165, 1.54) is 7.11 Å². The van der Waals surface area contributed by atoms with Gasteiger partial charge in [-0.2, -0.15) is 0 Å². The summed E-state index contributed by atoms with van der Waals surface area (Å²) >= 11 is 0. The van der Waals surface area contributed by atoms with Gasteiger partial charge >= 0.3 is 5.97 Å².